The molecule has 0 amide bonds. The maximum absolute atomic E-state index is 5.53. The number of nitrogens with zero attached hydrogens (tertiary/aromatic N) is 3. The normalized spacial score (nSPS) is 18.7. The quantitative estimate of drug-likeness (QED) is 0.935. The number of aryl methyl sites for hydroxylation is 1. The van der Waals surface area contributed by atoms with E-state index in [-0.39, 0.29) is 12.4 Å². The monoisotopic (exact) mass is 322 g/mol. The van der Waals surface area contributed by atoms with Crippen molar-refractivity contribution in [3.63, 3.8) is 0 Å². The van der Waals surface area contributed by atoms with Crippen molar-refractivity contribution < 1.29 is 4.74 Å². The van der Waals surface area contributed by atoms with Gasteiger partial charge in [0.1, 0.15) is 5.75 Å². The van der Waals surface area contributed by atoms with Crippen LogP contribution in [0.15, 0.2) is 36.7 Å². The van der Waals surface area contributed by atoms with Crippen LogP contribution in [0, 0.1) is 0 Å². The van der Waals surface area contributed by atoms with Gasteiger partial charge in [0.2, 0.25) is 0 Å². The van der Waals surface area contributed by atoms with Crippen LogP contribution in [0.3, 0.4) is 0 Å². The van der Waals surface area contributed by atoms with Crippen LogP contribution in [-0.4, -0.2) is 41.4 Å². The molecule has 5 nitrogen and oxygen atoms in total. The molecule has 1 unspecified atom stereocenters. The van der Waals surface area contributed by atoms with Gasteiger partial charge in [-0.05, 0) is 6.07 Å². The number of rotatable bonds is 4. The zero-order chi connectivity index (χ0) is 14.7. The van der Waals surface area contributed by atoms with E-state index in [4.69, 9.17) is 4.74 Å². The number of aromatic nitrogens is 2. The Hall–Kier alpha value is -1.56. The topological polar surface area (TPSA) is 42.3 Å². The van der Waals surface area contributed by atoms with Crippen LogP contribution in [0.1, 0.15) is 17.2 Å². The summed E-state index contributed by atoms with van der Waals surface area (Å²) in [6.45, 7) is 3.91. The zero-order valence-electron chi connectivity index (χ0n) is 13.0. The summed E-state index contributed by atoms with van der Waals surface area (Å²) in [7, 11) is 3.69. The molecular formula is C16H23ClN4O. The smallest absolute Gasteiger partial charge is 0.123 e. The minimum absolute atomic E-state index is 0. The Bertz CT molecular complexity index is 601. The molecule has 0 radical (unpaired) electrons. The molecule has 0 saturated carbocycles. The largest absolute Gasteiger partial charge is 0.496 e. The number of benzene rings is 1. The molecule has 0 bridgehead atoms. The lowest BCUT2D eigenvalue weighted by Gasteiger charge is -2.36. The van der Waals surface area contributed by atoms with Gasteiger partial charge in [0, 0.05) is 50.6 Å². The molecular weight excluding hydrogens is 300 g/mol. The molecule has 1 aliphatic rings. The van der Waals surface area contributed by atoms with Gasteiger partial charge in [0.15, 0.2) is 0 Å². The molecule has 0 aliphatic carbocycles. The van der Waals surface area contributed by atoms with Crippen molar-refractivity contribution in [1.29, 1.82) is 0 Å². The van der Waals surface area contributed by atoms with E-state index in [9.17, 15) is 0 Å². The Morgan fingerprint density at radius 1 is 1.36 bits per heavy atom. The molecule has 1 aliphatic heterocycles. The van der Waals surface area contributed by atoms with Crippen molar-refractivity contribution in [2.24, 2.45) is 7.05 Å². The summed E-state index contributed by atoms with van der Waals surface area (Å²) in [4.78, 5) is 2.49. The number of hydrogen-bond acceptors (Lipinski definition) is 4. The van der Waals surface area contributed by atoms with Crippen molar-refractivity contribution >= 4 is 12.4 Å². The van der Waals surface area contributed by atoms with E-state index in [0.717, 1.165) is 31.9 Å². The van der Waals surface area contributed by atoms with Gasteiger partial charge >= 0.3 is 0 Å². The van der Waals surface area contributed by atoms with Gasteiger partial charge in [-0.25, -0.2) is 0 Å². The highest BCUT2D eigenvalue weighted by Crippen LogP contribution is 2.30. The Labute approximate surface area is 137 Å². The molecule has 1 N–H and O–H groups in total. The number of halogens is 1. The minimum Gasteiger partial charge on any atom is -0.496 e. The number of hydrogen-bond donors (Lipinski definition) is 1. The maximum atomic E-state index is 5.53. The van der Waals surface area contributed by atoms with Gasteiger partial charge in [-0.2, -0.15) is 5.10 Å². The van der Waals surface area contributed by atoms with Crippen LogP contribution < -0.4 is 10.1 Å². The van der Waals surface area contributed by atoms with Gasteiger partial charge in [0.25, 0.3) is 0 Å². The SMILES string of the molecule is COc1ccccc1C1CNCCN1Cc1cnn(C)c1.Cl. The first-order chi connectivity index (χ1) is 10.3. The molecule has 1 aromatic carbocycles. The van der Waals surface area contributed by atoms with Crippen LogP contribution in [0.5, 0.6) is 5.75 Å². The van der Waals surface area contributed by atoms with Crippen LogP contribution >= 0.6 is 12.4 Å². The highest BCUT2D eigenvalue weighted by molar-refractivity contribution is 5.85. The standard InChI is InChI=1S/C16H22N4O.ClH/c1-19-11-13(9-18-19)12-20-8-7-17-10-15(20)14-5-3-4-6-16(14)21-2;/h3-6,9,11,15,17H,7-8,10,12H2,1-2H3;1H. The average molecular weight is 323 g/mol. The Morgan fingerprint density at radius 3 is 2.91 bits per heavy atom. The first-order valence-corrected chi connectivity index (χ1v) is 7.33. The van der Waals surface area contributed by atoms with Crippen LogP contribution in [0.2, 0.25) is 0 Å². The fraction of sp³-hybridized carbons (Fsp3) is 0.438. The molecule has 2 heterocycles. The fourth-order valence-electron chi connectivity index (χ4n) is 2.97. The summed E-state index contributed by atoms with van der Waals surface area (Å²) >= 11 is 0. The molecule has 1 fully saturated rings. The number of methoxy groups -OCH3 is 1. The first kappa shape index (κ1) is 16.8. The number of para-hydroxylation sites is 1. The second kappa shape index (κ2) is 7.63. The Morgan fingerprint density at radius 2 is 2.18 bits per heavy atom. The van der Waals surface area contributed by atoms with E-state index in [1.165, 1.54) is 11.1 Å². The van der Waals surface area contributed by atoms with E-state index >= 15 is 0 Å². The third kappa shape index (κ3) is 3.61. The van der Waals surface area contributed by atoms with Crippen molar-refractivity contribution in [3.05, 3.63) is 47.8 Å². The van der Waals surface area contributed by atoms with Crippen molar-refractivity contribution in [1.82, 2.24) is 20.0 Å². The van der Waals surface area contributed by atoms with E-state index in [2.05, 4.69) is 33.6 Å². The van der Waals surface area contributed by atoms with E-state index < -0.39 is 0 Å². The molecule has 2 aromatic rings. The molecule has 0 spiro atoms. The number of nitrogens with one attached hydrogen (secondary N) is 1. The van der Waals surface area contributed by atoms with Gasteiger partial charge in [-0.3, -0.25) is 9.58 Å². The molecule has 120 valence electrons. The minimum atomic E-state index is 0. The lowest BCUT2D eigenvalue weighted by molar-refractivity contribution is 0.151. The summed E-state index contributed by atoms with van der Waals surface area (Å²) in [6, 6.07) is 8.62. The number of piperazine rings is 1. The average Bonchev–Trinajstić information content (AvgIpc) is 2.93. The van der Waals surface area contributed by atoms with Gasteiger partial charge in [0.05, 0.1) is 19.3 Å². The predicted molar refractivity (Wildman–Crippen MR) is 89.5 cm³/mol. The Balaban J connectivity index is 0.00000176. The first-order valence-electron chi connectivity index (χ1n) is 7.33. The lowest BCUT2D eigenvalue weighted by atomic mass is 10.0. The second-order valence-corrected chi connectivity index (χ2v) is 5.45. The third-order valence-corrected chi connectivity index (χ3v) is 4.00. The molecule has 22 heavy (non-hydrogen) atoms. The van der Waals surface area contributed by atoms with Crippen LogP contribution in [-0.2, 0) is 13.6 Å². The van der Waals surface area contributed by atoms with Crippen molar-refractivity contribution in [2.45, 2.75) is 12.6 Å². The highest BCUT2D eigenvalue weighted by Gasteiger charge is 2.26. The molecule has 3 rings (SSSR count). The third-order valence-electron chi connectivity index (χ3n) is 4.00. The summed E-state index contributed by atoms with van der Waals surface area (Å²) < 4.78 is 7.39. The lowest BCUT2D eigenvalue weighted by Crippen LogP contribution is -2.45. The van der Waals surface area contributed by atoms with Gasteiger partial charge in [-0.1, -0.05) is 18.2 Å². The number of ether oxygens (including phenoxy) is 1. The molecule has 1 aromatic heterocycles. The predicted octanol–water partition coefficient (Wildman–Crippen LogP) is 2.00. The van der Waals surface area contributed by atoms with E-state index in [1.54, 1.807) is 7.11 Å². The Kier molecular flexibility index (Phi) is 5.83. The van der Waals surface area contributed by atoms with E-state index in [0.29, 0.717) is 6.04 Å². The zero-order valence-corrected chi connectivity index (χ0v) is 13.8. The van der Waals surface area contributed by atoms with Crippen molar-refractivity contribution in [2.75, 3.05) is 26.7 Å². The van der Waals surface area contributed by atoms with E-state index in [1.807, 2.05) is 30.1 Å². The summed E-state index contributed by atoms with van der Waals surface area (Å²) in [6.07, 6.45) is 4.03. The van der Waals surface area contributed by atoms with Gasteiger partial charge < -0.3 is 10.1 Å². The fourth-order valence-corrected chi connectivity index (χ4v) is 2.97. The maximum Gasteiger partial charge on any atom is 0.123 e. The summed E-state index contributed by atoms with van der Waals surface area (Å²) in [5, 5.41) is 7.75. The summed E-state index contributed by atoms with van der Waals surface area (Å²) in [5.41, 5.74) is 2.50. The van der Waals surface area contributed by atoms with Gasteiger partial charge in [-0.15, -0.1) is 12.4 Å². The van der Waals surface area contributed by atoms with Crippen molar-refractivity contribution in [3.8, 4) is 5.75 Å². The molecule has 6 heteroatoms. The second-order valence-electron chi connectivity index (χ2n) is 5.45. The summed E-state index contributed by atoms with van der Waals surface area (Å²) in [5.74, 6) is 0.961. The van der Waals surface area contributed by atoms with Crippen LogP contribution in [0.4, 0.5) is 0 Å². The molecule has 1 atom stereocenters. The molecule has 1 saturated heterocycles. The highest BCUT2D eigenvalue weighted by atomic mass is 35.5. The van der Waals surface area contributed by atoms with Crippen LogP contribution in [0.25, 0.3) is 0 Å².